The Morgan fingerprint density at radius 3 is 2.47 bits per heavy atom. The first kappa shape index (κ1) is 12.4. The zero-order chi connectivity index (χ0) is 13.2. The van der Waals surface area contributed by atoms with Gasteiger partial charge in [0.1, 0.15) is 0 Å². The normalized spacial score (nSPS) is 23.5. The Bertz CT molecular complexity index is 533. The minimum absolute atomic E-state index is 0.391. The van der Waals surface area contributed by atoms with E-state index >= 15 is 0 Å². The van der Waals surface area contributed by atoms with Crippen molar-refractivity contribution in [3.8, 4) is 11.3 Å². The molecular weight excluding hydrogens is 234 g/mol. The van der Waals surface area contributed by atoms with E-state index in [0.717, 1.165) is 25.7 Å². The highest BCUT2D eigenvalue weighted by atomic mass is 15.1. The fourth-order valence-electron chi connectivity index (χ4n) is 2.92. The van der Waals surface area contributed by atoms with Crippen molar-refractivity contribution in [2.24, 2.45) is 5.73 Å². The van der Waals surface area contributed by atoms with Crippen molar-refractivity contribution < 1.29 is 0 Å². The number of aryl methyl sites for hydroxylation is 1. The van der Waals surface area contributed by atoms with Gasteiger partial charge in [-0.25, -0.2) is 4.98 Å². The number of nitrogens with zero attached hydrogens (tertiary/aromatic N) is 2. The third-order valence-electron chi connectivity index (χ3n) is 4.15. The molecule has 100 valence electrons. The minimum atomic E-state index is 0.391. The topological polar surface area (TPSA) is 43.8 Å². The molecule has 0 radical (unpaired) electrons. The Morgan fingerprint density at radius 2 is 1.79 bits per heavy atom. The van der Waals surface area contributed by atoms with Gasteiger partial charge in [-0.05, 0) is 38.2 Å². The van der Waals surface area contributed by atoms with Gasteiger partial charge in [0.25, 0.3) is 0 Å². The second-order valence-corrected chi connectivity index (χ2v) is 5.62. The first-order chi connectivity index (χ1) is 9.24. The maximum atomic E-state index is 5.99. The van der Waals surface area contributed by atoms with Gasteiger partial charge in [0.2, 0.25) is 0 Å². The highest BCUT2D eigenvalue weighted by molar-refractivity contribution is 5.59. The lowest BCUT2D eigenvalue weighted by Crippen LogP contribution is -2.27. The highest BCUT2D eigenvalue weighted by Gasteiger charge is 2.21. The quantitative estimate of drug-likeness (QED) is 0.894. The largest absolute Gasteiger partial charge is 0.328 e. The van der Waals surface area contributed by atoms with Crippen LogP contribution in [0.3, 0.4) is 0 Å². The van der Waals surface area contributed by atoms with Crippen molar-refractivity contribution in [3.63, 3.8) is 0 Å². The molecule has 0 atom stereocenters. The third kappa shape index (κ3) is 2.56. The molecule has 1 heterocycles. The van der Waals surface area contributed by atoms with Crippen LogP contribution in [0.15, 0.2) is 36.8 Å². The molecule has 3 nitrogen and oxygen atoms in total. The fourth-order valence-corrected chi connectivity index (χ4v) is 2.92. The number of hydrogen-bond donors (Lipinski definition) is 1. The van der Waals surface area contributed by atoms with Crippen LogP contribution < -0.4 is 5.73 Å². The summed E-state index contributed by atoms with van der Waals surface area (Å²) in [4.78, 5) is 4.35. The van der Waals surface area contributed by atoms with E-state index < -0.39 is 0 Å². The molecule has 0 bridgehead atoms. The smallest absolute Gasteiger partial charge is 0.0953 e. The molecule has 1 aliphatic rings. The molecule has 1 aromatic heterocycles. The molecule has 0 aliphatic heterocycles. The average molecular weight is 255 g/mol. The fraction of sp³-hybridized carbons (Fsp3) is 0.438. The number of aromatic nitrogens is 2. The Kier molecular flexibility index (Phi) is 3.38. The molecule has 3 rings (SSSR count). The van der Waals surface area contributed by atoms with E-state index in [1.165, 1.54) is 16.8 Å². The average Bonchev–Trinajstić information content (AvgIpc) is 2.90. The van der Waals surface area contributed by atoms with E-state index in [0.29, 0.717) is 12.1 Å². The predicted octanol–water partition coefficient (Wildman–Crippen LogP) is 3.30. The standard InChI is InChI=1S/C16H21N3/c1-12-2-4-13(5-3-12)16-10-18-11-19(16)15-8-6-14(17)7-9-15/h2-5,10-11,14-15H,6-9,17H2,1H3. The van der Waals surface area contributed by atoms with Crippen LogP contribution in [0.4, 0.5) is 0 Å². The molecule has 0 amide bonds. The third-order valence-corrected chi connectivity index (χ3v) is 4.15. The summed E-state index contributed by atoms with van der Waals surface area (Å²) in [5, 5.41) is 0. The molecule has 0 unspecified atom stereocenters. The van der Waals surface area contributed by atoms with Crippen molar-refractivity contribution >= 4 is 0 Å². The Morgan fingerprint density at radius 1 is 1.11 bits per heavy atom. The monoisotopic (exact) mass is 255 g/mol. The van der Waals surface area contributed by atoms with Crippen LogP contribution in [-0.2, 0) is 0 Å². The number of benzene rings is 1. The Hall–Kier alpha value is -1.61. The van der Waals surface area contributed by atoms with Gasteiger partial charge in [0.05, 0.1) is 18.2 Å². The van der Waals surface area contributed by atoms with E-state index in [4.69, 9.17) is 5.73 Å². The summed E-state index contributed by atoms with van der Waals surface area (Å²) in [7, 11) is 0. The van der Waals surface area contributed by atoms with E-state index in [9.17, 15) is 0 Å². The van der Waals surface area contributed by atoms with Crippen LogP contribution in [0.2, 0.25) is 0 Å². The Balaban J connectivity index is 1.88. The van der Waals surface area contributed by atoms with Gasteiger partial charge >= 0.3 is 0 Å². The molecule has 1 aromatic carbocycles. The summed E-state index contributed by atoms with van der Waals surface area (Å²) in [6.45, 7) is 2.11. The summed E-state index contributed by atoms with van der Waals surface area (Å²) in [5.74, 6) is 0. The first-order valence-corrected chi connectivity index (χ1v) is 7.08. The molecule has 1 aliphatic carbocycles. The van der Waals surface area contributed by atoms with Crippen LogP contribution in [-0.4, -0.2) is 15.6 Å². The second-order valence-electron chi connectivity index (χ2n) is 5.62. The summed E-state index contributed by atoms with van der Waals surface area (Å²) in [6, 6.07) is 9.61. The van der Waals surface area contributed by atoms with Crippen molar-refractivity contribution in [3.05, 3.63) is 42.4 Å². The number of hydrogen-bond acceptors (Lipinski definition) is 2. The molecule has 2 aromatic rings. The van der Waals surface area contributed by atoms with Gasteiger partial charge in [-0.2, -0.15) is 0 Å². The van der Waals surface area contributed by atoms with Gasteiger partial charge in [-0.1, -0.05) is 29.8 Å². The van der Waals surface area contributed by atoms with Crippen LogP contribution >= 0.6 is 0 Å². The Labute approximate surface area is 114 Å². The number of nitrogens with two attached hydrogens (primary N) is 1. The van der Waals surface area contributed by atoms with Crippen LogP contribution in [0.25, 0.3) is 11.3 Å². The lowest BCUT2D eigenvalue weighted by atomic mass is 9.91. The predicted molar refractivity (Wildman–Crippen MR) is 77.9 cm³/mol. The molecule has 0 spiro atoms. The number of imidazole rings is 1. The maximum Gasteiger partial charge on any atom is 0.0953 e. The van der Waals surface area contributed by atoms with Crippen LogP contribution in [0.1, 0.15) is 37.3 Å². The van der Waals surface area contributed by atoms with Crippen LogP contribution in [0.5, 0.6) is 0 Å². The zero-order valence-corrected chi connectivity index (χ0v) is 11.4. The summed E-state index contributed by atoms with van der Waals surface area (Å²) < 4.78 is 2.33. The summed E-state index contributed by atoms with van der Waals surface area (Å²) in [6.07, 6.45) is 8.51. The molecule has 1 saturated carbocycles. The number of rotatable bonds is 2. The van der Waals surface area contributed by atoms with Gasteiger partial charge < -0.3 is 10.3 Å². The van der Waals surface area contributed by atoms with E-state index in [-0.39, 0.29) is 0 Å². The van der Waals surface area contributed by atoms with Crippen molar-refractivity contribution in [1.29, 1.82) is 0 Å². The summed E-state index contributed by atoms with van der Waals surface area (Å²) >= 11 is 0. The van der Waals surface area contributed by atoms with Crippen LogP contribution in [0, 0.1) is 6.92 Å². The van der Waals surface area contributed by atoms with Gasteiger partial charge in [-0.3, -0.25) is 0 Å². The van der Waals surface area contributed by atoms with E-state index in [2.05, 4.69) is 40.7 Å². The van der Waals surface area contributed by atoms with Gasteiger partial charge in [0, 0.05) is 12.1 Å². The lowest BCUT2D eigenvalue weighted by Gasteiger charge is -2.28. The van der Waals surface area contributed by atoms with Crippen molar-refractivity contribution in [2.75, 3.05) is 0 Å². The molecule has 19 heavy (non-hydrogen) atoms. The molecule has 2 N–H and O–H groups in total. The molecular formula is C16H21N3. The molecule has 3 heteroatoms. The SMILES string of the molecule is Cc1ccc(-c2cncn2C2CCC(N)CC2)cc1. The highest BCUT2D eigenvalue weighted by Crippen LogP contribution is 2.31. The minimum Gasteiger partial charge on any atom is -0.328 e. The maximum absolute atomic E-state index is 5.99. The van der Waals surface area contributed by atoms with Gasteiger partial charge in [0.15, 0.2) is 0 Å². The second kappa shape index (κ2) is 5.17. The first-order valence-electron chi connectivity index (χ1n) is 7.08. The summed E-state index contributed by atoms with van der Waals surface area (Å²) in [5.41, 5.74) is 9.75. The molecule has 1 fully saturated rings. The van der Waals surface area contributed by atoms with E-state index in [1.807, 2.05) is 12.5 Å². The zero-order valence-electron chi connectivity index (χ0n) is 11.4. The van der Waals surface area contributed by atoms with Crippen molar-refractivity contribution in [1.82, 2.24) is 9.55 Å². The van der Waals surface area contributed by atoms with Gasteiger partial charge in [-0.15, -0.1) is 0 Å². The lowest BCUT2D eigenvalue weighted by molar-refractivity contribution is 0.325. The molecule has 0 saturated heterocycles. The van der Waals surface area contributed by atoms with Crippen molar-refractivity contribution in [2.45, 2.75) is 44.7 Å². The van der Waals surface area contributed by atoms with E-state index in [1.54, 1.807) is 0 Å².